The third kappa shape index (κ3) is 3.16. The predicted molar refractivity (Wildman–Crippen MR) is 87.3 cm³/mol. The van der Waals surface area contributed by atoms with E-state index in [1.807, 2.05) is 24.3 Å². The first-order chi connectivity index (χ1) is 10.3. The minimum atomic E-state index is -0.284. The van der Waals surface area contributed by atoms with Crippen molar-refractivity contribution in [2.24, 2.45) is 0 Å². The largest absolute Gasteiger partial charge is 0.377 e. The monoisotopic (exact) mass is 305 g/mol. The van der Waals surface area contributed by atoms with Crippen molar-refractivity contribution in [2.75, 3.05) is 31.5 Å². The maximum absolute atomic E-state index is 11.2. The minimum absolute atomic E-state index is 0.217. The van der Waals surface area contributed by atoms with Crippen LogP contribution in [0.5, 0.6) is 0 Å². The molecule has 0 amide bonds. The Morgan fingerprint density at radius 1 is 1.24 bits per heavy atom. The van der Waals surface area contributed by atoms with Crippen LogP contribution in [0, 0.1) is 10.1 Å². The summed E-state index contributed by atoms with van der Waals surface area (Å²) < 4.78 is 0.963. The number of benzene rings is 1. The van der Waals surface area contributed by atoms with Crippen LogP contribution in [0.1, 0.15) is 19.3 Å². The molecule has 3 rings (SSSR count). The van der Waals surface area contributed by atoms with Crippen molar-refractivity contribution in [2.45, 2.75) is 19.3 Å². The molecule has 0 atom stereocenters. The summed E-state index contributed by atoms with van der Waals surface area (Å²) in [6.07, 6.45) is 3.85. The number of nitrogens with one attached hydrogen (secondary N) is 1. The molecule has 21 heavy (non-hydrogen) atoms. The van der Waals surface area contributed by atoms with Crippen LogP contribution in [0.4, 0.5) is 10.7 Å². The summed E-state index contributed by atoms with van der Waals surface area (Å²) in [6, 6.07) is 7.72. The number of likely N-dealkylation sites (tertiary alicyclic amines) is 1. The summed E-state index contributed by atoms with van der Waals surface area (Å²) in [5, 5.41) is 15.7. The van der Waals surface area contributed by atoms with Crippen LogP contribution in [0.15, 0.2) is 24.3 Å². The Morgan fingerprint density at radius 3 is 2.76 bits per heavy atom. The Balaban J connectivity index is 1.72. The van der Waals surface area contributed by atoms with E-state index in [-0.39, 0.29) is 9.92 Å². The molecule has 5 nitrogen and oxygen atoms in total. The summed E-state index contributed by atoms with van der Waals surface area (Å²) in [7, 11) is 0. The molecule has 2 aromatic rings. The molecule has 1 aliphatic rings. The van der Waals surface area contributed by atoms with Gasteiger partial charge in [-0.25, -0.2) is 0 Å². The minimum Gasteiger partial charge on any atom is -0.377 e. The van der Waals surface area contributed by atoms with Crippen molar-refractivity contribution in [1.29, 1.82) is 0 Å². The van der Waals surface area contributed by atoms with Gasteiger partial charge in [0.05, 0.1) is 4.92 Å². The van der Waals surface area contributed by atoms with Gasteiger partial charge in [0, 0.05) is 23.2 Å². The number of fused-ring (bicyclic) bond motifs is 1. The van der Waals surface area contributed by atoms with Gasteiger partial charge >= 0.3 is 5.00 Å². The van der Waals surface area contributed by atoms with E-state index in [1.165, 1.54) is 30.6 Å². The number of hydrogen-bond acceptors (Lipinski definition) is 5. The van der Waals surface area contributed by atoms with Crippen LogP contribution in [0.25, 0.3) is 10.1 Å². The second-order valence-corrected chi connectivity index (χ2v) is 6.40. The van der Waals surface area contributed by atoms with Gasteiger partial charge in [-0.15, -0.1) is 0 Å². The van der Waals surface area contributed by atoms with E-state index in [0.29, 0.717) is 5.69 Å². The van der Waals surface area contributed by atoms with Gasteiger partial charge in [-0.1, -0.05) is 36.0 Å². The Bertz CT molecular complexity index is 635. The second kappa shape index (κ2) is 6.41. The molecule has 0 spiro atoms. The Labute approximate surface area is 127 Å². The fraction of sp³-hybridized carbons (Fsp3) is 0.467. The molecule has 1 aliphatic heterocycles. The van der Waals surface area contributed by atoms with E-state index in [4.69, 9.17) is 0 Å². The van der Waals surface area contributed by atoms with E-state index < -0.39 is 0 Å². The quantitative estimate of drug-likeness (QED) is 0.676. The fourth-order valence-electron chi connectivity index (χ4n) is 2.85. The number of thiophene rings is 1. The molecule has 0 aliphatic carbocycles. The van der Waals surface area contributed by atoms with Crippen molar-refractivity contribution in [3.63, 3.8) is 0 Å². The molecule has 1 saturated heterocycles. The second-order valence-electron chi connectivity index (χ2n) is 5.36. The van der Waals surface area contributed by atoms with Crippen LogP contribution in [0.2, 0.25) is 0 Å². The molecule has 0 radical (unpaired) electrons. The molecule has 112 valence electrons. The first-order valence-electron chi connectivity index (χ1n) is 7.38. The first kappa shape index (κ1) is 14.3. The highest BCUT2D eigenvalue weighted by Crippen LogP contribution is 2.41. The van der Waals surface area contributed by atoms with Gasteiger partial charge in [0.2, 0.25) is 0 Å². The van der Waals surface area contributed by atoms with Crippen molar-refractivity contribution in [1.82, 2.24) is 4.90 Å². The summed E-state index contributed by atoms with van der Waals surface area (Å²) in [5.41, 5.74) is 0.678. The molecule has 0 saturated carbocycles. The van der Waals surface area contributed by atoms with E-state index >= 15 is 0 Å². The van der Waals surface area contributed by atoms with Gasteiger partial charge in [-0.05, 0) is 32.0 Å². The van der Waals surface area contributed by atoms with Crippen LogP contribution in [-0.4, -0.2) is 36.0 Å². The van der Waals surface area contributed by atoms with Crippen LogP contribution >= 0.6 is 11.3 Å². The van der Waals surface area contributed by atoms with Crippen LogP contribution < -0.4 is 5.32 Å². The highest BCUT2D eigenvalue weighted by molar-refractivity contribution is 7.23. The van der Waals surface area contributed by atoms with E-state index in [1.54, 1.807) is 0 Å². The van der Waals surface area contributed by atoms with Gasteiger partial charge in [-0.2, -0.15) is 0 Å². The van der Waals surface area contributed by atoms with E-state index in [2.05, 4.69) is 10.2 Å². The molecule has 0 unspecified atom stereocenters. The van der Waals surface area contributed by atoms with Gasteiger partial charge < -0.3 is 10.2 Å². The molecule has 1 aromatic carbocycles. The Hall–Kier alpha value is -1.66. The third-order valence-corrected chi connectivity index (χ3v) is 5.04. The molecule has 0 bridgehead atoms. The number of nitrogens with zero attached hydrogens (tertiary/aromatic N) is 2. The molecule has 1 N–H and O–H groups in total. The van der Waals surface area contributed by atoms with E-state index in [9.17, 15) is 10.1 Å². The molecule has 1 aromatic heterocycles. The lowest BCUT2D eigenvalue weighted by Gasteiger charge is -2.26. The average molecular weight is 305 g/mol. The highest BCUT2D eigenvalue weighted by Gasteiger charge is 2.21. The number of anilines is 1. The first-order valence-corrected chi connectivity index (χ1v) is 8.19. The van der Waals surface area contributed by atoms with Crippen LogP contribution in [-0.2, 0) is 0 Å². The lowest BCUT2D eigenvalue weighted by Crippen LogP contribution is -2.33. The Morgan fingerprint density at radius 2 is 2.00 bits per heavy atom. The number of nitro groups is 1. The number of hydrogen-bond donors (Lipinski definition) is 1. The third-order valence-electron chi connectivity index (χ3n) is 3.92. The highest BCUT2D eigenvalue weighted by atomic mass is 32.1. The maximum Gasteiger partial charge on any atom is 0.348 e. The smallest absolute Gasteiger partial charge is 0.348 e. The topological polar surface area (TPSA) is 58.4 Å². The molecule has 2 heterocycles. The summed E-state index contributed by atoms with van der Waals surface area (Å²) in [5.74, 6) is 0. The zero-order valence-electron chi connectivity index (χ0n) is 11.9. The lowest BCUT2D eigenvalue weighted by molar-refractivity contribution is -0.379. The molecule has 6 heteroatoms. The summed E-state index contributed by atoms with van der Waals surface area (Å²) in [4.78, 5) is 13.4. The van der Waals surface area contributed by atoms with Crippen molar-refractivity contribution >= 4 is 32.1 Å². The maximum atomic E-state index is 11.2. The van der Waals surface area contributed by atoms with Crippen LogP contribution in [0.3, 0.4) is 0 Å². The van der Waals surface area contributed by atoms with E-state index in [0.717, 1.165) is 36.3 Å². The molecular formula is C15H19N3O2S. The SMILES string of the molecule is O=[N+]([O-])c1sc2ccccc2c1NCCN1CCCCC1. The molecule has 1 fully saturated rings. The predicted octanol–water partition coefficient (Wildman–Crippen LogP) is 3.71. The summed E-state index contributed by atoms with van der Waals surface area (Å²) in [6.45, 7) is 3.99. The van der Waals surface area contributed by atoms with Gasteiger partial charge in [0.25, 0.3) is 0 Å². The molecular weight excluding hydrogens is 286 g/mol. The van der Waals surface area contributed by atoms with Crippen molar-refractivity contribution in [3.8, 4) is 0 Å². The zero-order valence-corrected chi connectivity index (χ0v) is 12.7. The van der Waals surface area contributed by atoms with Gasteiger partial charge in [0.15, 0.2) is 0 Å². The van der Waals surface area contributed by atoms with Crippen molar-refractivity contribution < 1.29 is 4.92 Å². The summed E-state index contributed by atoms with van der Waals surface area (Å²) >= 11 is 1.24. The lowest BCUT2D eigenvalue weighted by atomic mass is 10.1. The normalized spacial score (nSPS) is 16.2. The van der Waals surface area contributed by atoms with Gasteiger partial charge in [-0.3, -0.25) is 10.1 Å². The zero-order chi connectivity index (χ0) is 14.7. The fourth-order valence-corrected chi connectivity index (χ4v) is 3.85. The average Bonchev–Trinajstić information content (AvgIpc) is 2.88. The number of rotatable bonds is 5. The van der Waals surface area contributed by atoms with Crippen molar-refractivity contribution in [3.05, 3.63) is 34.4 Å². The standard InChI is InChI=1S/C15H19N3O2S/c19-18(20)15-14(12-6-2-3-7-13(12)21-15)16-8-11-17-9-4-1-5-10-17/h2-3,6-7,16H,1,4-5,8-11H2. The number of piperidine rings is 1. The Kier molecular flexibility index (Phi) is 4.36. The van der Waals surface area contributed by atoms with Gasteiger partial charge in [0.1, 0.15) is 5.69 Å².